The monoisotopic (exact) mass is 414 g/mol. The molecule has 146 valence electrons. The number of allylic oxidation sites excluding steroid dienone is 1. The van der Waals surface area contributed by atoms with Gasteiger partial charge in [0.05, 0.1) is 17.2 Å². The van der Waals surface area contributed by atoms with Gasteiger partial charge in [-0.1, -0.05) is 55.1 Å². The van der Waals surface area contributed by atoms with Crippen molar-refractivity contribution in [1.82, 2.24) is 9.55 Å². The SMILES string of the molecule is C=CCn1c(SCC(=O)O[C@@H](C)CC)nc2scc(-c3ccccc3)c2c1=O. The second kappa shape index (κ2) is 9.21. The van der Waals surface area contributed by atoms with Crippen LogP contribution in [0.15, 0.2) is 58.3 Å². The van der Waals surface area contributed by atoms with Crippen LogP contribution in [-0.4, -0.2) is 27.4 Å². The molecule has 0 radical (unpaired) electrons. The summed E-state index contributed by atoms with van der Waals surface area (Å²) < 4.78 is 6.87. The number of aromatic nitrogens is 2. The molecule has 0 aliphatic carbocycles. The van der Waals surface area contributed by atoms with E-state index in [2.05, 4.69) is 11.6 Å². The van der Waals surface area contributed by atoms with E-state index in [9.17, 15) is 9.59 Å². The number of ether oxygens (including phenoxy) is 1. The molecule has 0 bridgehead atoms. The summed E-state index contributed by atoms with van der Waals surface area (Å²) in [5.41, 5.74) is 1.74. The van der Waals surface area contributed by atoms with Crippen LogP contribution in [0.3, 0.4) is 0 Å². The summed E-state index contributed by atoms with van der Waals surface area (Å²) in [6.07, 6.45) is 2.30. The molecular formula is C21H22N2O3S2. The Kier molecular flexibility index (Phi) is 6.70. The van der Waals surface area contributed by atoms with Gasteiger partial charge in [-0.2, -0.15) is 0 Å². The summed E-state index contributed by atoms with van der Waals surface area (Å²) in [7, 11) is 0. The Labute approximate surface area is 172 Å². The number of rotatable bonds is 8. The molecule has 0 spiro atoms. The van der Waals surface area contributed by atoms with Crippen LogP contribution < -0.4 is 5.56 Å². The number of carbonyl (C=O) groups excluding carboxylic acids is 1. The zero-order valence-electron chi connectivity index (χ0n) is 15.9. The molecule has 2 heterocycles. The first kappa shape index (κ1) is 20.4. The van der Waals surface area contributed by atoms with E-state index in [0.717, 1.165) is 17.5 Å². The fourth-order valence-electron chi connectivity index (χ4n) is 2.70. The first-order valence-corrected chi connectivity index (χ1v) is 10.9. The summed E-state index contributed by atoms with van der Waals surface area (Å²) in [4.78, 5) is 30.6. The van der Waals surface area contributed by atoms with Crippen molar-refractivity contribution in [1.29, 1.82) is 0 Å². The van der Waals surface area contributed by atoms with Crippen LogP contribution in [0.2, 0.25) is 0 Å². The average molecular weight is 415 g/mol. The third-order valence-corrected chi connectivity index (χ3v) is 6.10. The van der Waals surface area contributed by atoms with Crippen molar-refractivity contribution in [3.8, 4) is 11.1 Å². The molecule has 3 aromatic rings. The van der Waals surface area contributed by atoms with Crippen LogP contribution >= 0.6 is 23.1 Å². The predicted octanol–water partition coefficient (Wildman–Crippen LogP) is 4.74. The number of hydrogen-bond donors (Lipinski definition) is 0. The standard InChI is InChI=1S/C21H22N2O3S2/c1-4-11-23-20(25)18-16(15-9-7-6-8-10-15)12-27-19(18)22-21(23)28-13-17(24)26-14(3)5-2/h4,6-10,12,14H,1,5,11,13H2,2-3H3/t14-/m0/s1. The summed E-state index contributed by atoms with van der Waals surface area (Å²) in [5.74, 6) is -0.203. The van der Waals surface area contributed by atoms with Crippen LogP contribution in [0.5, 0.6) is 0 Å². The van der Waals surface area contributed by atoms with Crippen molar-refractivity contribution < 1.29 is 9.53 Å². The normalized spacial score (nSPS) is 12.1. The number of fused-ring (bicyclic) bond motifs is 1. The van der Waals surface area contributed by atoms with Crippen LogP contribution in [0.25, 0.3) is 21.3 Å². The van der Waals surface area contributed by atoms with Crippen LogP contribution in [0.4, 0.5) is 0 Å². The van der Waals surface area contributed by atoms with Gasteiger partial charge in [-0.15, -0.1) is 17.9 Å². The number of thioether (sulfide) groups is 1. The van der Waals surface area contributed by atoms with Gasteiger partial charge in [0.2, 0.25) is 0 Å². The van der Waals surface area contributed by atoms with E-state index in [0.29, 0.717) is 21.9 Å². The summed E-state index contributed by atoms with van der Waals surface area (Å²) in [5, 5.41) is 3.06. The number of benzene rings is 1. The van der Waals surface area contributed by atoms with Gasteiger partial charge in [0.25, 0.3) is 5.56 Å². The maximum Gasteiger partial charge on any atom is 0.316 e. The summed E-state index contributed by atoms with van der Waals surface area (Å²) in [6, 6.07) is 9.79. The molecule has 0 aliphatic heterocycles. The topological polar surface area (TPSA) is 61.2 Å². The minimum absolute atomic E-state index is 0.107. The lowest BCUT2D eigenvalue weighted by atomic mass is 10.1. The van der Waals surface area contributed by atoms with E-state index < -0.39 is 0 Å². The highest BCUT2D eigenvalue weighted by Gasteiger charge is 2.18. The molecule has 0 saturated carbocycles. The van der Waals surface area contributed by atoms with E-state index in [1.54, 1.807) is 10.6 Å². The van der Waals surface area contributed by atoms with E-state index in [4.69, 9.17) is 4.74 Å². The van der Waals surface area contributed by atoms with Crippen molar-refractivity contribution in [2.45, 2.75) is 38.1 Å². The quantitative estimate of drug-likeness (QED) is 0.230. The van der Waals surface area contributed by atoms with E-state index in [-0.39, 0.29) is 23.4 Å². The highest BCUT2D eigenvalue weighted by Crippen LogP contribution is 2.32. The predicted molar refractivity (Wildman–Crippen MR) is 116 cm³/mol. The van der Waals surface area contributed by atoms with Gasteiger partial charge in [0, 0.05) is 17.5 Å². The van der Waals surface area contributed by atoms with E-state index in [1.807, 2.05) is 49.6 Å². The molecule has 5 nitrogen and oxygen atoms in total. The Morgan fingerprint density at radius 1 is 1.39 bits per heavy atom. The van der Waals surface area contributed by atoms with E-state index in [1.165, 1.54) is 23.1 Å². The van der Waals surface area contributed by atoms with Gasteiger partial charge in [0.1, 0.15) is 4.83 Å². The number of thiophene rings is 1. The first-order valence-electron chi connectivity index (χ1n) is 9.05. The average Bonchev–Trinajstić information content (AvgIpc) is 3.13. The minimum Gasteiger partial charge on any atom is -0.462 e. The summed E-state index contributed by atoms with van der Waals surface area (Å²) >= 11 is 2.65. The Bertz CT molecular complexity index is 1040. The van der Waals surface area contributed by atoms with Crippen LogP contribution in [0.1, 0.15) is 20.3 Å². The van der Waals surface area contributed by atoms with Crippen molar-refractivity contribution >= 4 is 39.3 Å². The van der Waals surface area contributed by atoms with Crippen molar-refractivity contribution in [3.05, 3.63) is 58.7 Å². The van der Waals surface area contributed by atoms with Crippen molar-refractivity contribution in [3.63, 3.8) is 0 Å². The minimum atomic E-state index is -0.310. The van der Waals surface area contributed by atoms with E-state index >= 15 is 0 Å². The molecule has 0 unspecified atom stereocenters. The smallest absolute Gasteiger partial charge is 0.316 e. The molecule has 0 N–H and O–H groups in total. The largest absolute Gasteiger partial charge is 0.462 e. The van der Waals surface area contributed by atoms with Gasteiger partial charge < -0.3 is 4.74 Å². The second-order valence-corrected chi connectivity index (χ2v) is 8.09. The van der Waals surface area contributed by atoms with Gasteiger partial charge in [-0.05, 0) is 18.9 Å². The van der Waals surface area contributed by atoms with Crippen LogP contribution in [-0.2, 0) is 16.1 Å². The van der Waals surface area contributed by atoms with Crippen LogP contribution in [0, 0.1) is 0 Å². The Morgan fingerprint density at radius 2 is 2.14 bits per heavy atom. The molecular weight excluding hydrogens is 392 g/mol. The molecule has 1 atom stereocenters. The molecule has 1 aromatic carbocycles. The molecule has 3 rings (SSSR count). The molecule has 7 heteroatoms. The lowest BCUT2D eigenvalue weighted by Crippen LogP contribution is -2.23. The van der Waals surface area contributed by atoms with Crippen molar-refractivity contribution in [2.24, 2.45) is 0 Å². The lowest BCUT2D eigenvalue weighted by Gasteiger charge is -2.12. The third kappa shape index (κ3) is 4.36. The summed E-state index contributed by atoms with van der Waals surface area (Å²) in [6.45, 7) is 7.89. The number of esters is 1. The second-order valence-electron chi connectivity index (χ2n) is 6.29. The molecule has 0 amide bonds. The van der Waals surface area contributed by atoms with Gasteiger partial charge >= 0.3 is 5.97 Å². The maximum atomic E-state index is 13.2. The Hall–Kier alpha value is -2.38. The Morgan fingerprint density at radius 3 is 2.82 bits per heavy atom. The Balaban J connectivity index is 1.98. The fraction of sp³-hybridized carbons (Fsp3) is 0.286. The highest BCUT2D eigenvalue weighted by molar-refractivity contribution is 7.99. The lowest BCUT2D eigenvalue weighted by molar-refractivity contribution is -0.144. The zero-order chi connectivity index (χ0) is 20.1. The van der Waals surface area contributed by atoms with Crippen molar-refractivity contribution in [2.75, 3.05) is 5.75 Å². The number of carbonyl (C=O) groups is 1. The van der Waals surface area contributed by atoms with Gasteiger partial charge in [-0.25, -0.2) is 4.98 Å². The highest BCUT2D eigenvalue weighted by atomic mass is 32.2. The molecule has 2 aromatic heterocycles. The number of nitrogens with zero attached hydrogens (tertiary/aromatic N) is 2. The molecule has 0 aliphatic rings. The zero-order valence-corrected chi connectivity index (χ0v) is 17.5. The molecule has 0 saturated heterocycles. The molecule has 28 heavy (non-hydrogen) atoms. The van der Waals surface area contributed by atoms with Gasteiger partial charge in [-0.3, -0.25) is 14.2 Å². The first-order chi connectivity index (χ1) is 13.5. The number of hydrogen-bond acceptors (Lipinski definition) is 6. The molecule has 0 fully saturated rings. The fourth-order valence-corrected chi connectivity index (χ4v) is 4.48. The third-order valence-electron chi connectivity index (χ3n) is 4.28. The van der Waals surface area contributed by atoms with Gasteiger partial charge in [0.15, 0.2) is 5.16 Å². The maximum absolute atomic E-state index is 13.2.